The van der Waals surface area contributed by atoms with Crippen molar-refractivity contribution in [2.45, 2.75) is 24.7 Å². The van der Waals surface area contributed by atoms with E-state index in [-0.39, 0.29) is 5.41 Å². The molecule has 0 saturated heterocycles. The first-order valence-corrected chi connectivity index (χ1v) is 22.1. The highest BCUT2D eigenvalue weighted by molar-refractivity contribution is 6.06. The first-order chi connectivity index (χ1) is 31.0. The monoisotopic (exact) mass is 803 g/mol. The van der Waals surface area contributed by atoms with E-state index < -0.39 is 5.41 Å². The van der Waals surface area contributed by atoms with E-state index >= 15 is 0 Å². The summed E-state index contributed by atoms with van der Waals surface area (Å²) in [5.74, 6) is 0. The van der Waals surface area contributed by atoms with Crippen molar-refractivity contribution in [1.82, 2.24) is 0 Å². The van der Waals surface area contributed by atoms with E-state index in [4.69, 9.17) is 0 Å². The molecule has 0 fully saturated rings. The summed E-state index contributed by atoms with van der Waals surface area (Å²) in [6.07, 6.45) is 0. The molecule has 1 heteroatoms. The molecule has 0 radical (unpaired) electrons. The number of rotatable bonds is 7. The molecule has 0 aliphatic heterocycles. The SMILES string of the molecule is CC1(C)c2ccccc2-c2ccc(-c3ccc4ccccc4c3N(c3ccc(-c4ccccc4)cc3)c3ccc(C4(c5ccccc5)c5ccccc5-c5ccccc54)cc3)cc21. The van der Waals surface area contributed by atoms with Gasteiger partial charge in [0.1, 0.15) is 0 Å². The fourth-order valence-corrected chi connectivity index (χ4v) is 11.0. The average Bonchev–Trinajstić information content (AvgIpc) is 3.78. The van der Waals surface area contributed by atoms with Gasteiger partial charge < -0.3 is 4.90 Å². The third-order valence-electron chi connectivity index (χ3n) is 14.0. The maximum Gasteiger partial charge on any atom is 0.0713 e. The van der Waals surface area contributed by atoms with E-state index in [0.29, 0.717) is 0 Å². The van der Waals surface area contributed by atoms with Crippen molar-refractivity contribution < 1.29 is 0 Å². The predicted octanol–water partition coefficient (Wildman–Crippen LogP) is 16.3. The van der Waals surface area contributed by atoms with Gasteiger partial charge in [-0.25, -0.2) is 0 Å². The zero-order valence-electron chi connectivity index (χ0n) is 35.5. The molecule has 0 unspecified atom stereocenters. The fraction of sp³-hybridized carbons (Fsp3) is 0.0645. The Morgan fingerprint density at radius 1 is 0.317 bits per heavy atom. The largest absolute Gasteiger partial charge is 0.309 e. The van der Waals surface area contributed by atoms with Gasteiger partial charge >= 0.3 is 0 Å². The van der Waals surface area contributed by atoms with Gasteiger partial charge in [0.05, 0.1) is 11.1 Å². The third kappa shape index (κ3) is 5.63. The summed E-state index contributed by atoms with van der Waals surface area (Å²) >= 11 is 0. The molecule has 0 saturated carbocycles. The molecule has 0 spiro atoms. The fourth-order valence-electron chi connectivity index (χ4n) is 11.0. The molecule has 63 heavy (non-hydrogen) atoms. The molecule has 12 rings (SSSR count). The number of hydrogen-bond acceptors (Lipinski definition) is 1. The second kappa shape index (κ2) is 14.4. The van der Waals surface area contributed by atoms with Crippen LogP contribution < -0.4 is 4.90 Å². The lowest BCUT2D eigenvalue weighted by Gasteiger charge is -2.35. The van der Waals surface area contributed by atoms with Crippen LogP contribution in [0.3, 0.4) is 0 Å². The van der Waals surface area contributed by atoms with Crippen molar-refractivity contribution in [3.05, 3.63) is 270 Å². The molecular formula is C62H45N. The lowest BCUT2D eigenvalue weighted by Crippen LogP contribution is -2.28. The van der Waals surface area contributed by atoms with Gasteiger partial charge in [0.25, 0.3) is 0 Å². The Balaban J connectivity index is 1.09. The van der Waals surface area contributed by atoms with Crippen molar-refractivity contribution in [2.24, 2.45) is 0 Å². The topological polar surface area (TPSA) is 3.24 Å². The zero-order chi connectivity index (χ0) is 42.1. The first-order valence-electron chi connectivity index (χ1n) is 22.1. The summed E-state index contributed by atoms with van der Waals surface area (Å²) < 4.78 is 0. The molecule has 0 amide bonds. The Morgan fingerprint density at radius 2 is 0.778 bits per heavy atom. The molecule has 0 heterocycles. The zero-order valence-corrected chi connectivity index (χ0v) is 35.5. The van der Waals surface area contributed by atoms with Crippen LogP contribution in [0.15, 0.2) is 237 Å². The standard InChI is InChI=1S/C62H45N/c1-61(2)56-26-14-11-23-52(56)55-40-32-45(41-59(55)61)51-39-31-44-19-9-10-22-50(44)60(51)63(48-35-29-43(30-36-48)42-17-5-3-6-18-42)49-37-33-47(34-38-49)62(46-20-7-4-8-21-46)57-27-15-12-24-53(57)54-25-13-16-28-58(54)62/h3-41H,1-2H3. The summed E-state index contributed by atoms with van der Waals surface area (Å²) in [7, 11) is 0. The van der Waals surface area contributed by atoms with Crippen LogP contribution >= 0.6 is 0 Å². The van der Waals surface area contributed by atoms with Crippen LogP contribution in [0.25, 0.3) is 55.3 Å². The molecule has 2 aliphatic carbocycles. The van der Waals surface area contributed by atoms with Gasteiger partial charge in [0.2, 0.25) is 0 Å². The van der Waals surface area contributed by atoms with E-state index in [1.54, 1.807) is 0 Å². The van der Waals surface area contributed by atoms with Crippen LogP contribution in [0.2, 0.25) is 0 Å². The minimum atomic E-state index is -0.478. The molecule has 0 bridgehead atoms. The van der Waals surface area contributed by atoms with Crippen molar-refractivity contribution in [2.75, 3.05) is 4.90 Å². The Bertz CT molecular complexity index is 3300. The first kappa shape index (κ1) is 37.1. The van der Waals surface area contributed by atoms with Gasteiger partial charge in [-0.1, -0.05) is 220 Å². The number of anilines is 3. The summed E-state index contributed by atoms with van der Waals surface area (Å²) in [6.45, 7) is 4.74. The van der Waals surface area contributed by atoms with E-state index in [1.807, 2.05) is 0 Å². The second-order valence-electron chi connectivity index (χ2n) is 17.6. The smallest absolute Gasteiger partial charge is 0.0713 e. The Kier molecular flexibility index (Phi) is 8.49. The van der Waals surface area contributed by atoms with Crippen LogP contribution in [0, 0.1) is 0 Å². The molecule has 2 aliphatic rings. The van der Waals surface area contributed by atoms with Crippen molar-refractivity contribution in [1.29, 1.82) is 0 Å². The average molecular weight is 804 g/mol. The van der Waals surface area contributed by atoms with Crippen LogP contribution in [0.5, 0.6) is 0 Å². The minimum Gasteiger partial charge on any atom is -0.309 e. The van der Waals surface area contributed by atoms with E-state index in [1.165, 1.54) is 88.7 Å². The van der Waals surface area contributed by atoms with Gasteiger partial charge in [0, 0.05) is 27.7 Å². The molecular weight excluding hydrogens is 759 g/mol. The van der Waals surface area contributed by atoms with Crippen molar-refractivity contribution in [3.63, 3.8) is 0 Å². The van der Waals surface area contributed by atoms with Gasteiger partial charge in [-0.3, -0.25) is 0 Å². The lowest BCUT2D eigenvalue weighted by atomic mass is 9.68. The van der Waals surface area contributed by atoms with Crippen LogP contribution in [-0.4, -0.2) is 0 Å². The maximum absolute atomic E-state index is 2.50. The second-order valence-corrected chi connectivity index (χ2v) is 17.6. The number of hydrogen-bond donors (Lipinski definition) is 0. The molecule has 298 valence electrons. The summed E-state index contributed by atoms with van der Waals surface area (Å²) in [6, 6.07) is 87.8. The van der Waals surface area contributed by atoms with Gasteiger partial charge in [-0.05, 0) is 108 Å². The van der Waals surface area contributed by atoms with Crippen LogP contribution in [0.4, 0.5) is 17.1 Å². The molecule has 0 N–H and O–H groups in total. The highest BCUT2D eigenvalue weighted by Crippen LogP contribution is 2.57. The summed E-state index contributed by atoms with van der Waals surface area (Å²) in [5.41, 5.74) is 20.7. The van der Waals surface area contributed by atoms with E-state index in [9.17, 15) is 0 Å². The van der Waals surface area contributed by atoms with Gasteiger partial charge in [0.15, 0.2) is 0 Å². The van der Waals surface area contributed by atoms with Crippen LogP contribution in [-0.2, 0) is 10.8 Å². The quantitative estimate of drug-likeness (QED) is 0.155. The molecule has 10 aromatic rings. The lowest BCUT2D eigenvalue weighted by molar-refractivity contribution is 0.660. The molecule has 1 nitrogen and oxygen atoms in total. The highest BCUT2D eigenvalue weighted by Gasteiger charge is 2.46. The molecule has 0 aromatic heterocycles. The number of fused-ring (bicyclic) bond motifs is 7. The Morgan fingerprint density at radius 3 is 1.44 bits per heavy atom. The summed E-state index contributed by atoms with van der Waals surface area (Å²) in [5, 5.41) is 2.41. The van der Waals surface area contributed by atoms with Gasteiger partial charge in [-0.2, -0.15) is 0 Å². The van der Waals surface area contributed by atoms with Crippen molar-refractivity contribution in [3.8, 4) is 44.5 Å². The predicted molar refractivity (Wildman–Crippen MR) is 264 cm³/mol. The van der Waals surface area contributed by atoms with Gasteiger partial charge in [-0.15, -0.1) is 0 Å². The van der Waals surface area contributed by atoms with E-state index in [2.05, 4.69) is 255 Å². The maximum atomic E-state index is 2.50. The number of benzene rings is 10. The Labute approximate surface area is 370 Å². The normalized spacial score (nSPS) is 13.8. The third-order valence-corrected chi connectivity index (χ3v) is 14.0. The summed E-state index contributed by atoms with van der Waals surface area (Å²) in [4.78, 5) is 2.50. The Hall–Kier alpha value is -7.74. The van der Waals surface area contributed by atoms with Crippen LogP contribution in [0.1, 0.15) is 47.2 Å². The van der Waals surface area contributed by atoms with E-state index in [0.717, 1.165) is 17.1 Å². The highest BCUT2D eigenvalue weighted by atomic mass is 15.1. The number of nitrogens with zero attached hydrogens (tertiary/aromatic N) is 1. The molecule has 0 atom stereocenters. The van der Waals surface area contributed by atoms with Crippen molar-refractivity contribution >= 4 is 27.8 Å². The molecule has 10 aromatic carbocycles. The minimum absolute atomic E-state index is 0.117.